The summed E-state index contributed by atoms with van der Waals surface area (Å²) in [5.41, 5.74) is 1.34. The Balaban J connectivity index is 2.57. The van der Waals surface area contributed by atoms with Crippen LogP contribution in [-0.4, -0.2) is 36.2 Å². The molecule has 0 unspecified atom stereocenters. The lowest BCUT2D eigenvalue weighted by Crippen LogP contribution is -2.24. The van der Waals surface area contributed by atoms with Crippen LogP contribution in [0.25, 0.3) is 0 Å². The summed E-state index contributed by atoms with van der Waals surface area (Å²) in [5.74, 6) is 6.31. The monoisotopic (exact) mass is 263 g/mol. The third kappa shape index (κ3) is 5.26. The molecular weight excluding hydrogens is 246 g/mol. The molecular formula is C14H17NO2S. The molecule has 0 saturated carbocycles. The first kappa shape index (κ1) is 14.6. The first-order valence-corrected chi connectivity index (χ1v) is 7.14. The number of carbonyl (C=O) groups is 1. The van der Waals surface area contributed by atoms with E-state index in [0.717, 1.165) is 17.7 Å². The van der Waals surface area contributed by atoms with E-state index in [1.165, 1.54) is 0 Å². The number of nitrogens with one attached hydrogen (secondary N) is 1. The summed E-state index contributed by atoms with van der Waals surface area (Å²) in [7, 11) is 0. The predicted molar refractivity (Wildman–Crippen MR) is 75.7 cm³/mol. The van der Waals surface area contributed by atoms with Gasteiger partial charge in [0.05, 0.1) is 0 Å². The first-order chi connectivity index (χ1) is 8.77. The Morgan fingerprint density at radius 2 is 2.33 bits per heavy atom. The molecule has 18 heavy (non-hydrogen) atoms. The lowest BCUT2D eigenvalue weighted by Gasteiger charge is -2.04. The third-order valence-electron chi connectivity index (χ3n) is 2.25. The molecule has 1 amide bonds. The number of hydrogen-bond acceptors (Lipinski definition) is 3. The van der Waals surface area contributed by atoms with Crippen LogP contribution in [0.5, 0.6) is 0 Å². The summed E-state index contributed by atoms with van der Waals surface area (Å²) in [6.07, 6.45) is 3.02. The van der Waals surface area contributed by atoms with E-state index in [1.54, 1.807) is 30.0 Å². The molecule has 0 heterocycles. The normalized spacial score (nSPS) is 9.44. The maximum atomic E-state index is 11.8. The van der Waals surface area contributed by atoms with Crippen molar-refractivity contribution in [2.45, 2.75) is 6.42 Å². The van der Waals surface area contributed by atoms with E-state index in [2.05, 4.69) is 17.2 Å². The molecule has 0 fully saturated rings. The van der Waals surface area contributed by atoms with E-state index in [9.17, 15) is 4.79 Å². The zero-order chi connectivity index (χ0) is 13.2. The van der Waals surface area contributed by atoms with Crippen LogP contribution in [0.15, 0.2) is 24.3 Å². The quantitative estimate of drug-likeness (QED) is 0.625. The van der Waals surface area contributed by atoms with Crippen LogP contribution < -0.4 is 5.32 Å². The van der Waals surface area contributed by atoms with Gasteiger partial charge in [0.1, 0.15) is 6.61 Å². The molecule has 0 aliphatic heterocycles. The molecule has 0 aromatic heterocycles. The van der Waals surface area contributed by atoms with Crippen LogP contribution in [0.4, 0.5) is 0 Å². The van der Waals surface area contributed by atoms with Crippen molar-refractivity contribution in [3.05, 3.63) is 35.4 Å². The van der Waals surface area contributed by atoms with Crippen LogP contribution in [0.2, 0.25) is 0 Å². The number of amides is 1. The van der Waals surface area contributed by atoms with Gasteiger partial charge in [-0.2, -0.15) is 11.8 Å². The molecule has 0 saturated heterocycles. The van der Waals surface area contributed by atoms with Crippen molar-refractivity contribution in [2.75, 3.05) is 25.2 Å². The van der Waals surface area contributed by atoms with Gasteiger partial charge in [-0.15, -0.1) is 0 Å². The number of aliphatic hydroxyl groups excluding tert-OH is 1. The second-order valence-corrected chi connectivity index (χ2v) is 4.63. The minimum atomic E-state index is -0.175. The zero-order valence-electron chi connectivity index (χ0n) is 10.4. The number of carbonyl (C=O) groups excluding carboxylic acids is 1. The van der Waals surface area contributed by atoms with Crippen LogP contribution in [0.1, 0.15) is 22.3 Å². The highest BCUT2D eigenvalue weighted by molar-refractivity contribution is 7.98. The number of hydrogen-bond donors (Lipinski definition) is 2. The van der Waals surface area contributed by atoms with Crippen molar-refractivity contribution in [3.8, 4) is 11.8 Å². The largest absolute Gasteiger partial charge is 0.384 e. The minimum absolute atomic E-state index is 0.0799. The van der Waals surface area contributed by atoms with Crippen molar-refractivity contribution in [2.24, 2.45) is 0 Å². The first-order valence-electron chi connectivity index (χ1n) is 5.75. The molecule has 4 heteroatoms. The molecule has 1 aromatic carbocycles. The molecule has 1 aromatic rings. The Morgan fingerprint density at radius 1 is 1.50 bits per heavy atom. The van der Waals surface area contributed by atoms with Gasteiger partial charge in [0.2, 0.25) is 0 Å². The summed E-state index contributed by atoms with van der Waals surface area (Å²) < 4.78 is 0. The van der Waals surface area contributed by atoms with E-state index in [-0.39, 0.29) is 12.5 Å². The molecule has 0 aliphatic carbocycles. The SMILES string of the molecule is CSCCCNC(=O)c1cccc(C#CCO)c1. The number of benzene rings is 1. The van der Waals surface area contributed by atoms with E-state index in [4.69, 9.17) is 5.11 Å². The van der Waals surface area contributed by atoms with E-state index in [1.807, 2.05) is 12.3 Å². The van der Waals surface area contributed by atoms with Gasteiger partial charge in [-0.25, -0.2) is 0 Å². The fourth-order valence-corrected chi connectivity index (χ4v) is 1.83. The van der Waals surface area contributed by atoms with Crippen molar-refractivity contribution in [1.82, 2.24) is 5.32 Å². The van der Waals surface area contributed by atoms with Crippen LogP contribution in [0.3, 0.4) is 0 Å². The fraction of sp³-hybridized carbons (Fsp3) is 0.357. The Labute approximate surface area is 112 Å². The van der Waals surface area contributed by atoms with Gasteiger partial charge in [0.15, 0.2) is 0 Å². The van der Waals surface area contributed by atoms with E-state index < -0.39 is 0 Å². The average molecular weight is 263 g/mol. The Morgan fingerprint density at radius 3 is 3.06 bits per heavy atom. The summed E-state index contributed by atoms with van der Waals surface area (Å²) in [4.78, 5) is 11.8. The van der Waals surface area contributed by atoms with Crippen molar-refractivity contribution in [1.29, 1.82) is 0 Å². The van der Waals surface area contributed by atoms with E-state index >= 15 is 0 Å². The van der Waals surface area contributed by atoms with Crippen molar-refractivity contribution in [3.63, 3.8) is 0 Å². The van der Waals surface area contributed by atoms with Gasteiger partial charge < -0.3 is 10.4 Å². The molecule has 96 valence electrons. The van der Waals surface area contributed by atoms with Gasteiger partial charge in [0, 0.05) is 17.7 Å². The highest BCUT2D eigenvalue weighted by Crippen LogP contribution is 2.04. The van der Waals surface area contributed by atoms with Gasteiger partial charge in [-0.3, -0.25) is 4.79 Å². The Kier molecular flexibility index (Phi) is 7.00. The molecule has 3 nitrogen and oxygen atoms in total. The summed E-state index contributed by atoms with van der Waals surface area (Å²) in [6, 6.07) is 7.09. The second-order valence-electron chi connectivity index (χ2n) is 3.64. The highest BCUT2D eigenvalue weighted by Gasteiger charge is 2.04. The topological polar surface area (TPSA) is 49.3 Å². The molecule has 2 N–H and O–H groups in total. The Bertz CT molecular complexity index is 449. The lowest BCUT2D eigenvalue weighted by atomic mass is 10.1. The standard InChI is InChI=1S/C14H17NO2S/c1-18-10-4-8-15-14(17)13-7-2-5-12(11-13)6-3-9-16/h2,5,7,11,16H,4,8-10H2,1H3,(H,15,17). The predicted octanol–water partition coefficient (Wildman–Crippen LogP) is 1.51. The van der Waals surface area contributed by atoms with Crippen LogP contribution >= 0.6 is 11.8 Å². The summed E-state index contributed by atoms with van der Waals surface area (Å²) in [5, 5.41) is 11.5. The maximum absolute atomic E-state index is 11.8. The molecule has 0 atom stereocenters. The maximum Gasteiger partial charge on any atom is 0.251 e. The average Bonchev–Trinajstić information content (AvgIpc) is 2.41. The third-order valence-corrected chi connectivity index (χ3v) is 2.94. The summed E-state index contributed by atoms with van der Waals surface area (Å²) >= 11 is 1.77. The van der Waals surface area contributed by atoms with Gasteiger partial charge in [-0.1, -0.05) is 17.9 Å². The highest BCUT2D eigenvalue weighted by atomic mass is 32.2. The number of aliphatic hydroxyl groups is 1. The van der Waals surface area contributed by atoms with E-state index in [0.29, 0.717) is 12.1 Å². The molecule has 0 radical (unpaired) electrons. The van der Waals surface area contributed by atoms with Crippen LogP contribution in [-0.2, 0) is 0 Å². The zero-order valence-corrected chi connectivity index (χ0v) is 11.2. The molecule has 0 aliphatic rings. The molecule has 1 rings (SSSR count). The van der Waals surface area contributed by atoms with Gasteiger partial charge in [-0.05, 0) is 36.6 Å². The summed E-state index contributed by atoms with van der Waals surface area (Å²) in [6.45, 7) is 0.511. The lowest BCUT2D eigenvalue weighted by molar-refractivity contribution is 0.0954. The van der Waals surface area contributed by atoms with Gasteiger partial charge in [0.25, 0.3) is 5.91 Å². The van der Waals surface area contributed by atoms with Gasteiger partial charge >= 0.3 is 0 Å². The van der Waals surface area contributed by atoms with Crippen LogP contribution in [0, 0.1) is 11.8 Å². The number of thioether (sulfide) groups is 1. The Hall–Kier alpha value is -1.44. The van der Waals surface area contributed by atoms with Crippen molar-refractivity contribution >= 4 is 17.7 Å². The fourth-order valence-electron chi connectivity index (χ4n) is 1.40. The molecule has 0 spiro atoms. The molecule has 0 bridgehead atoms. The van der Waals surface area contributed by atoms with Crippen molar-refractivity contribution < 1.29 is 9.90 Å². The minimum Gasteiger partial charge on any atom is -0.384 e. The second kappa shape index (κ2) is 8.62. The smallest absolute Gasteiger partial charge is 0.251 e. The number of rotatable bonds is 5.